The fourth-order valence-electron chi connectivity index (χ4n) is 1.28. The van der Waals surface area contributed by atoms with Gasteiger partial charge in [0.2, 0.25) is 0 Å². The number of aliphatic hydroxyl groups is 1. The predicted octanol–water partition coefficient (Wildman–Crippen LogP) is 3.11. The molecule has 0 radical (unpaired) electrons. The Morgan fingerprint density at radius 1 is 1.40 bits per heavy atom. The summed E-state index contributed by atoms with van der Waals surface area (Å²) in [4.78, 5) is 0. The Labute approximate surface area is 95.8 Å². The molecule has 84 valence electrons. The van der Waals surface area contributed by atoms with Crippen LogP contribution in [0.4, 0.5) is 0 Å². The van der Waals surface area contributed by atoms with Crippen LogP contribution in [0.5, 0.6) is 0 Å². The number of aryl methyl sites for hydroxylation is 1. The minimum atomic E-state index is -0.652. The molecule has 0 aliphatic rings. The van der Waals surface area contributed by atoms with E-state index < -0.39 is 6.10 Å². The number of aliphatic hydroxyl groups excluding tert-OH is 1. The average molecular weight is 229 g/mol. The van der Waals surface area contributed by atoms with Crippen LogP contribution in [0.3, 0.4) is 0 Å². The summed E-state index contributed by atoms with van der Waals surface area (Å²) in [5.74, 6) is 0. The summed E-state index contributed by atoms with van der Waals surface area (Å²) < 4.78 is 5.33. The number of benzene rings is 1. The molecule has 1 rings (SSSR count). The number of rotatable bonds is 4. The zero-order chi connectivity index (χ0) is 11.4. The highest BCUT2D eigenvalue weighted by Gasteiger charge is 2.12. The lowest BCUT2D eigenvalue weighted by Gasteiger charge is -2.15. The van der Waals surface area contributed by atoms with E-state index in [1.54, 1.807) is 0 Å². The van der Waals surface area contributed by atoms with Crippen molar-refractivity contribution in [3.63, 3.8) is 0 Å². The molecular formula is C12H17ClO2. The van der Waals surface area contributed by atoms with E-state index in [1.165, 1.54) is 0 Å². The van der Waals surface area contributed by atoms with Crippen LogP contribution < -0.4 is 0 Å². The van der Waals surface area contributed by atoms with Crippen LogP contribution in [0.2, 0.25) is 5.02 Å². The van der Waals surface area contributed by atoms with Crippen molar-refractivity contribution in [3.05, 3.63) is 34.3 Å². The second kappa shape index (κ2) is 5.50. The quantitative estimate of drug-likeness (QED) is 0.858. The van der Waals surface area contributed by atoms with Crippen LogP contribution in [0.15, 0.2) is 18.2 Å². The van der Waals surface area contributed by atoms with E-state index >= 15 is 0 Å². The first kappa shape index (κ1) is 12.5. The Morgan fingerprint density at radius 3 is 2.60 bits per heavy atom. The van der Waals surface area contributed by atoms with Crippen molar-refractivity contribution in [1.29, 1.82) is 0 Å². The molecule has 1 atom stereocenters. The molecule has 2 nitrogen and oxygen atoms in total. The summed E-state index contributed by atoms with van der Waals surface area (Å²) in [6.45, 7) is 6.11. The highest BCUT2D eigenvalue weighted by atomic mass is 35.5. The second-order valence-corrected chi connectivity index (χ2v) is 4.33. The molecule has 0 aliphatic heterocycles. The molecule has 0 aromatic heterocycles. The van der Waals surface area contributed by atoms with Gasteiger partial charge in [-0.15, -0.1) is 0 Å². The van der Waals surface area contributed by atoms with Crippen LogP contribution in [-0.4, -0.2) is 17.8 Å². The summed E-state index contributed by atoms with van der Waals surface area (Å²) in [5.41, 5.74) is 1.81. The Morgan fingerprint density at radius 2 is 2.07 bits per heavy atom. The fraction of sp³-hybridized carbons (Fsp3) is 0.500. The first-order valence-corrected chi connectivity index (χ1v) is 5.44. The summed E-state index contributed by atoms with van der Waals surface area (Å²) in [6, 6.07) is 5.61. The van der Waals surface area contributed by atoms with Crippen molar-refractivity contribution < 1.29 is 9.84 Å². The largest absolute Gasteiger partial charge is 0.386 e. The molecule has 0 spiro atoms. The lowest BCUT2D eigenvalue weighted by molar-refractivity contribution is 0.00496. The van der Waals surface area contributed by atoms with E-state index in [2.05, 4.69) is 0 Å². The van der Waals surface area contributed by atoms with Crippen LogP contribution >= 0.6 is 11.6 Å². The van der Waals surface area contributed by atoms with Crippen molar-refractivity contribution in [2.75, 3.05) is 6.61 Å². The van der Waals surface area contributed by atoms with Gasteiger partial charge in [0.25, 0.3) is 0 Å². The smallest absolute Gasteiger partial charge is 0.104 e. The van der Waals surface area contributed by atoms with Gasteiger partial charge in [-0.05, 0) is 32.4 Å². The molecule has 0 fully saturated rings. The van der Waals surface area contributed by atoms with Crippen molar-refractivity contribution in [2.45, 2.75) is 33.0 Å². The molecule has 0 saturated heterocycles. The minimum Gasteiger partial charge on any atom is -0.386 e. The van der Waals surface area contributed by atoms with Gasteiger partial charge < -0.3 is 9.84 Å². The van der Waals surface area contributed by atoms with Crippen LogP contribution in [0, 0.1) is 6.92 Å². The van der Waals surface area contributed by atoms with Gasteiger partial charge in [0.15, 0.2) is 0 Å². The summed E-state index contributed by atoms with van der Waals surface area (Å²) in [7, 11) is 0. The van der Waals surface area contributed by atoms with Crippen LogP contribution in [0.1, 0.15) is 31.1 Å². The van der Waals surface area contributed by atoms with E-state index in [1.807, 2.05) is 39.0 Å². The molecule has 0 amide bonds. The average Bonchev–Trinajstić information content (AvgIpc) is 2.14. The highest BCUT2D eigenvalue weighted by Crippen LogP contribution is 2.24. The molecule has 0 aliphatic carbocycles. The van der Waals surface area contributed by atoms with E-state index in [9.17, 15) is 5.11 Å². The standard InChI is InChI=1S/C12H17ClO2/c1-8(2)15-7-12(14)10-5-4-9(3)6-11(10)13/h4-6,8,12,14H,7H2,1-3H3. The van der Waals surface area contributed by atoms with Gasteiger partial charge in [-0.2, -0.15) is 0 Å². The SMILES string of the molecule is Cc1ccc(C(O)COC(C)C)c(Cl)c1. The van der Waals surface area contributed by atoms with E-state index in [4.69, 9.17) is 16.3 Å². The maximum Gasteiger partial charge on any atom is 0.104 e. The Hall–Kier alpha value is -0.570. The monoisotopic (exact) mass is 228 g/mol. The van der Waals surface area contributed by atoms with E-state index in [-0.39, 0.29) is 12.7 Å². The molecule has 1 unspecified atom stereocenters. The zero-order valence-electron chi connectivity index (χ0n) is 9.33. The summed E-state index contributed by atoms with van der Waals surface area (Å²) in [5, 5.41) is 10.4. The number of ether oxygens (including phenoxy) is 1. The first-order chi connectivity index (χ1) is 7.00. The van der Waals surface area contributed by atoms with Crippen molar-refractivity contribution in [1.82, 2.24) is 0 Å². The number of hydrogen-bond acceptors (Lipinski definition) is 2. The Kier molecular flexibility index (Phi) is 4.58. The lowest BCUT2D eigenvalue weighted by Crippen LogP contribution is -2.12. The predicted molar refractivity (Wildman–Crippen MR) is 62.2 cm³/mol. The third kappa shape index (κ3) is 3.82. The molecule has 3 heteroatoms. The molecular weight excluding hydrogens is 212 g/mol. The minimum absolute atomic E-state index is 0.115. The molecule has 15 heavy (non-hydrogen) atoms. The maximum atomic E-state index is 9.83. The van der Waals surface area contributed by atoms with E-state index in [0.717, 1.165) is 11.1 Å². The molecule has 1 aromatic rings. The van der Waals surface area contributed by atoms with Gasteiger partial charge in [0.1, 0.15) is 6.10 Å². The van der Waals surface area contributed by atoms with Gasteiger partial charge in [0, 0.05) is 10.6 Å². The normalized spacial score (nSPS) is 13.2. The lowest BCUT2D eigenvalue weighted by atomic mass is 10.1. The van der Waals surface area contributed by atoms with Gasteiger partial charge in [-0.3, -0.25) is 0 Å². The molecule has 0 bridgehead atoms. The summed E-state index contributed by atoms with van der Waals surface area (Å²) >= 11 is 6.02. The second-order valence-electron chi connectivity index (χ2n) is 3.92. The first-order valence-electron chi connectivity index (χ1n) is 5.06. The van der Waals surface area contributed by atoms with Gasteiger partial charge in [-0.25, -0.2) is 0 Å². The number of halogens is 1. The molecule has 1 aromatic carbocycles. The highest BCUT2D eigenvalue weighted by molar-refractivity contribution is 6.31. The van der Waals surface area contributed by atoms with Gasteiger partial charge in [-0.1, -0.05) is 23.7 Å². The van der Waals surface area contributed by atoms with Crippen molar-refractivity contribution in [3.8, 4) is 0 Å². The third-order valence-electron chi connectivity index (χ3n) is 2.10. The topological polar surface area (TPSA) is 29.5 Å². The Bertz CT molecular complexity index is 323. The molecule has 0 heterocycles. The zero-order valence-corrected chi connectivity index (χ0v) is 10.1. The summed E-state index contributed by atoms with van der Waals surface area (Å²) in [6.07, 6.45) is -0.538. The van der Waals surface area contributed by atoms with E-state index in [0.29, 0.717) is 5.02 Å². The third-order valence-corrected chi connectivity index (χ3v) is 2.43. The van der Waals surface area contributed by atoms with Gasteiger partial charge >= 0.3 is 0 Å². The van der Waals surface area contributed by atoms with Gasteiger partial charge in [0.05, 0.1) is 12.7 Å². The molecule has 0 saturated carbocycles. The van der Waals surface area contributed by atoms with Crippen molar-refractivity contribution >= 4 is 11.6 Å². The van der Waals surface area contributed by atoms with Crippen LogP contribution in [0.25, 0.3) is 0 Å². The van der Waals surface area contributed by atoms with Crippen molar-refractivity contribution in [2.24, 2.45) is 0 Å². The molecule has 1 N–H and O–H groups in total. The fourth-order valence-corrected chi connectivity index (χ4v) is 1.64. The maximum absolute atomic E-state index is 9.83. The number of hydrogen-bond donors (Lipinski definition) is 1. The van der Waals surface area contributed by atoms with Crippen LogP contribution in [-0.2, 0) is 4.74 Å². The Balaban J connectivity index is 2.69.